The highest BCUT2D eigenvalue weighted by Crippen LogP contribution is 2.17. The van der Waals surface area contributed by atoms with Gasteiger partial charge < -0.3 is 5.32 Å². The van der Waals surface area contributed by atoms with Crippen molar-refractivity contribution in [3.05, 3.63) is 45.2 Å². The first-order valence-electron chi connectivity index (χ1n) is 4.64. The lowest BCUT2D eigenvalue weighted by Crippen LogP contribution is -2.00. The highest BCUT2D eigenvalue weighted by Gasteiger charge is 1.99. The van der Waals surface area contributed by atoms with Gasteiger partial charge in [-0.1, -0.05) is 11.6 Å². The molecule has 2 heterocycles. The molecule has 0 unspecified atom stereocenters. The summed E-state index contributed by atoms with van der Waals surface area (Å²) in [7, 11) is 0. The maximum Gasteiger partial charge on any atom is 0.126 e. The number of rotatable bonds is 3. The van der Waals surface area contributed by atoms with E-state index in [-0.39, 0.29) is 0 Å². The summed E-state index contributed by atoms with van der Waals surface area (Å²) >= 11 is 7.50. The number of anilines is 1. The lowest BCUT2D eigenvalue weighted by atomic mass is 10.3. The molecule has 15 heavy (non-hydrogen) atoms. The summed E-state index contributed by atoms with van der Waals surface area (Å²) in [5.74, 6) is 0.854. The van der Waals surface area contributed by atoms with Gasteiger partial charge in [-0.15, -0.1) is 11.3 Å². The molecule has 0 saturated carbocycles. The van der Waals surface area contributed by atoms with Crippen LogP contribution in [0.2, 0.25) is 5.02 Å². The third-order valence-electron chi connectivity index (χ3n) is 2.13. The third kappa shape index (κ3) is 2.70. The molecule has 0 atom stereocenters. The van der Waals surface area contributed by atoms with Crippen LogP contribution in [0.15, 0.2) is 29.8 Å². The minimum Gasteiger partial charge on any atom is -0.365 e. The predicted octanol–water partition coefficient (Wildman–Crippen LogP) is 3.72. The summed E-state index contributed by atoms with van der Waals surface area (Å²) in [6.07, 6.45) is 1.64. The van der Waals surface area contributed by atoms with E-state index in [0.29, 0.717) is 5.02 Å². The van der Waals surface area contributed by atoms with Crippen molar-refractivity contribution in [1.82, 2.24) is 4.98 Å². The highest BCUT2D eigenvalue weighted by atomic mass is 35.5. The minimum atomic E-state index is 0.660. The second-order valence-electron chi connectivity index (χ2n) is 3.24. The number of hydrogen-bond donors (Lipinski definition) is 1. The maximum absolute atomic E-state index is 5.75. The Hall–Kier alpha value is -1.06. The molecule has 2 aromatic heterocycles. The Morgan fingerprint density at radius 2 is 2.27 bits per heavy atom. The summed E-state index contributed by atoms with van der Waals surface area (Å²) in [5.41, 5.74) is 1.32. The van der Waals surface area contributed by atoms with Crippen LogP contribution in [-0.4, -0.2) is 4.98 Å². The lowest BCUT2D eigenvalue weighted by Gasteiger charge is -2.04. The number of aryl methyl sites for hydroxylation is 1. The monoisotopic (exact) mass is 238 g/mol. The van der Waals surface area contributed by atoms with Crippen LogP contribution in [0.4, 0.5) is 5.82 Å². The van der Waals surface area contributed by atoms with Crippen LogP contribution in [0.3, 0.4) is 0 Å². The van der Waals surface area contributed by atoms with Gasteiger partial charge in [0.15, 0.2) is 0 Å². The zero-order valence-corrected chi connectivity index (χ0v) is 9.90. The van der Waals surface area contributed by atoms with Crippen molar-refractivity contribution in [1.29, 1.82) is 0 Å². The van der Waals surface area contributed by atoms with E-state index in [1.807, 2.05) is 12.1 Å². The molecule has 0 aliphatic carbocycles. The highest BCUT2D eigenvalue weighted by molar-refractivity contribution is 7.10. The van der Waals surface area contributed by atoms with E-state index in [1.54, 1.807) is 17.5 Å². The summed E-state index contributed by atoms with van der Waals surface area (Å²) in [6, 6.07) is 5.83. The Kier molecular flexibility index (Phi) is 3.23. The van der Waals surface area contributed by atoms with Gasteiger partial charge in [0.25, 0.3) is 0 Å². The molecule has 0 saturated heterocycles. The van der Waals surface area contributed by atoms with Gasteiger partial charge in [0.05, 0.1) is 11.6 Å². The summed E-state index contributed by atoms with van der Waals surface area (Å²) in [5, 5.41) is 6.01. The van der Waals surface area contributed by atoms with Crippen LogP contribution in [0.5, 0.6) is 0 Å². The van der Waals surface area contributed by atoms with Crippen molar-refractivity contribution in [2.75, 3.05) is 5.32 Å². The van der Waals surface area contributed by atoms with Crippen molar-refractivity contribution >= 4 is 28.8 Å². The normalized spacial score (nSPS) is 10.3. The van der Waals surface area contributed by atoms with Crippen molar-refractivity contribution in [2.45, 2.75) is 13.5 Å². The van der Waals surface area contributed by atoms with Gasteiger partial charge in [-0.25, -0.2) is 4.98 Å². The molecule has 2 aromatic rings. The zero-order valence-electron chi connectivity index (χ0n) is 8.33. The Balaban J connectivity index is 1.99. The molecule has 4 heteroatoms. The van der Waals surface area contributed by atoms with Crippen molar-refractivity contribution in [3.63, 3.8) is 0 Å². The van der Waals surface area contributed by atoms with Gasteiger partial charge in [0.1, 0.15) is 5.82 Å². The van der Waals surface area contributed by atoms with Gasteiger partial charge in [-0.3, -0.25) is 0 Å². The second-order valence-corrected chi connectivity index (χ2v) is 4.68. The fourth-order valence-corrected chi connectivity index (χ4v) is 2.19. The van der Waals surface area contributed by atoms with E-state index in [9.17, 15) is 0 Å². The molecule has 0 amide bonds. The largest absolute Gasteiger partial charge is 0.365 e. The standard InChI is InChI=1S/C11H11ClN2S/c1-8-4-5-15-10(8)7-14-11-3-2-9(12)6-13-11/h2-6H,7H2,1H3,(H,13,14). The second kappa shape index (κ2) is 4.64. The van der Waals surface area contributed by atoms with Gasteiger partial charge in [-0.2, -0.15) is 0 Å². The van der Waals surface area contributed by atoms with Crippen molar-refractivity contribution in [2.24, 2.45) is 0 Å². The number of hydrogen-bond acceptors (Lipinski definition) is 3. The van der Waals surface area contributed by atoms with E-state index in [2.05, 4.69) is 28.7 Å². The quantitative estimate of drug-likeness (QED) is 0.882. The molecule has 1 N–H and O–H groups in total. The molecule has 0 aliphatic heterocycles. The first-order valence-corrected chi connectivity index (χ1v) is 5.90. The molecular weight excluding hydrogens is 228 g/mol. The number of thiophene rings is 1. The summed E-state index contributed by atoms with van der Waals surface area (Å²) in [6.45, 7) is 2.93. The number of pyridine rings is 1. The SMILES string of the molecule is Cc1ccsc1CNc1ccc(Cl)cn1. The fourth-order valence-electron chi connectivity index (χ4n) is 1.24. The Bertz CT molecular complexity index is 436. The minimum absolute atomic E-state index is 0.660. The van der Waals surface area contributed by atoms with E-state index < -0.39 is 0 Å². The molecule has 0 aromatic carbocycles. The molecule has 2 rings (SSSR count). The van der Waals surface area contributed by atoms with E-state index in [4.69, 9.17) is 11.6 Å². The van der Waals surface area contributed by atoms with E-state index >= 15 is 0 Å². The van der Waals surface area contributed by atoms with Crippen LogP contribution >= 0.6 is 22.9 Å². The molecule has 0 fully saturated rings. The molecule has 0 bridgehead atoms. The van der Waals surface area contributed by atoms with Crippen LogP contribution in [0.1, 0.15) is 10.4 Å². The molecular formula is C11H11ClN2S. The first kappa shape index (κ1) is 10.5. The number of nitrogens with zero attached hydrogens (tertiary/aromatic N) is 1. The fraction of sp³-hybridized carbons (Fsp3) is 0.182. The number of aromatic nitrogens is 1. The average molecular weight is 239 g/mol. The predicted molar refractivity (Wildman–Crippen MR) is 65.6 cm³/mol. The molecule has 2 nitrogen and oxygen atoms in total. The average Bonchev–Trinajstić information content (AvgIpc) is 2.63. The first-order chi connectivity index (χ1) is 7.25. The van der Waals surface area contributed by atoms with Gasteiger partial charge in [0.2, 0.25) is 0 Å². The third-order valence-corrected chi connectivity index (χ3v) is 3.37. The van der Waals surface area contributed by atoms with Gasteiger partial charge >= 0.3 is 0 Å². The van der Waals surface area contributed by atoms with Crippen LogP contribution in [0.25, 0.3) is 0 Å². The van der Waals surface area contributed by atoms with Crippen LogP contribution in [-0.2, 0) is 6.54 Å². The lowest BCUT2D eigenvalue weighted by molar-refractivity contribution is 1.12. The zero-order chi connectivity index (χ0) is 10.7. The van der Waals surface area contributed by atoms with E-state index in [1.165, 1.54) is 10.4 Å². The molecule has 0 radical (unpaired) electrons. The Labute approximate surface area is 97.9 Å². The topological polar surface area (TPSA) is 24.9 Å². The number of halogens is 1. The van der Waals surface area contributed by atoms with Crippen molar-refractivity contribution in [3.8, 4) is 0 Å². The molecule has 0 spiro atoms. The molecule has 0 aliphatic rings. The number of nitrogens with one attached hydrogen (secondary N) is 1. The van der Waals surface area contributed by atoms with Gasteiger partial charge in [0, 0.05) is 11.1 Å². The smallest absolute Gasteiger partial charge is 0.126 e. The van der Waals surface area contributed by atoms with Gasteiger partial charge in [-0.05, 0) is 36.1 Å². The Morgan fingerprint density at radius 3 is 2.87 bits per heavy atom. The van der Waals surface area contributed by atoms with Crippen LogP contribution < -0.4 is 5.32 Å². The van der Waals surface area contributed by atoms with Crippen molar-refractivity contribution < 1.29 is 0 Å². The summed E-state index contributed by atoms with van der Waals surface area (Å²) < 4.78 is 0. The van der Waals surface area contributed by atoms with E-state index in [0.717, 1.165) is 12.4 Å². The van der Waals surface area contributed by atoms with Crippen LogP contribution in [0, 0.1) is 6.92 Å². The maximum atomic E-state index is 5.75. The Morgan fingerprint density at radius 1 is 1.40 bits per heavy atom. The molecule has 78 valence electrons. The summed E-state index contributed by atoms with van der Waals surface area (Å²) in [4.78, 5) is 5.51.